The molecule has 0 fully saturated rings. The molecule has 0 aliphatic heterocycles. The normalized spacial score (nSPS) is 10.2. The minimum Gasteiger partial charge on any atom is -0.497 e. The summed E-state index contributed by atoms with van der Waals surface area (Å²) in [5, 5.41) is 2.87. The van der Waals surface area contributed by atoms with Crippen LogP contribution in [-0.2, 0) is 10.5 Å². The summed E-state index contributed by atoms with van der Waals surface area (Å²) in [6, 6.07) is 15.4. The molecule has 0 spiro atoms. The molecule has 1 amide bonds. The highest BCUT2D eigenvalue weighted by molar-refractivity contribution is 9.10. The van der Waals surface area contributed by atoms with Crippen molar-refractivity contribution >= 4 is 39.3 Å². The third kappa shape index (κ3) is 5.10. The van der Waals surface area contributed by atoms with Crippen LogP contribution in [0.2, 0.25) is 0 Å². The van der Waals surface area contributed by atoms with Crippen molar-refractivity contribution in [1.29, 1.82) is 0 Å². The number of hydrogen-bond acceptors (Lipinski definition) is 3. The summed E-state index contributed by atoms with van der Waals surface area (Å²) in [4.78, 5) is 11.9. The third-order valence-electron chi connectivity index (χ3n) is 2.80. The highest BCUT2D eigenvalue weighted by Crippen LogP contribution is 2.22. The molecule has 0 saturated carbocycles. The number of nitrogens with one attached hydrogen (secondary N) is 1. The molecule has 2 rings (SSSR count). The van der Waals surface area contributed by atoms with Crippen molar-refractivity contribution in [2.75, 3.05) is 18.2 Å². The van der Waals surface area contributed by atoms with Gasteiger partial charge in [0.15, 0.2) is 0 Å². The molecule has 0 aromatic heterocycles. The molecule has 0 aliphatic carbocycles. The second-order valence-electron chi connectivity index (χ2n) is 4.36. The van der Waals surface area contributed by atoms with Gasteiger partial charge in [-0.15, -0.1) is 11.8 Å². The summed E-state index contributed by atoms with van der Waals surface area (Å²) in [5.41, 5.74) is 1.94. The van der Waals surface area contributed by atoms with Gasteiger partial charge < -0.3 is 10.1 Å². The van der Waals surface area contributed by atoms with E-state index in [4.69, 9.17) is 4.74 Å². The van der Waals surface area contributed by atoms with Crippen LogP contribution in [0.1, 0.15) is 5.56 Å². The molecule has 1 N–H and O–H groups in total. The van der Waals surface area contributed by atoms with Gasteiger partial charge in [-0.1, -0.05) is 40.2 Å². The molecule has 0 saturated heterocycles. The molecule has 3 nitrogen and oxygen atoms in total. The van der Waals surface area contributed by atoms with E-state index in [1.54, 1.807) is 24.9 Å². The summed E-state index contributed by atoms with van der Waals surface area (Å²) in [5.74, 6) is 1.93. The first-order chi connectivity index (χ1) is 10.2. The summed E-state index contributed by atoms with van der Waals surface area (Å²) in [7, 11) is 1.61. The Morgan fingerprint density at radius 1 is 1.24 bits per heavy atom. The first kappa shape index (κ1) is 15.9. The molecule has 110 valence electrons. The minimum atomic E-state index is -0.0136. The number of hydrogen-bond donors (Lipinski definition) is 1. The van der Waals surface area contributed by atoms with Gasteiger partial charge in [0.05, 0.1) is 12.9 Å². The summed E-state index contributed by atoms with van der Waals surface area (Å²) in [6.45, 7) is 0. The van der Waals surface area contributed by atoms with Gasteiger partial charge in [0.1, 0.15) is 5.75 Å². The van der Waals surface area contributed by atoms with E-state index in [2.05, 4.69) is 27.3 Å². The van der Waals surface area contributed by atoms with Crippen LogP contribution in [0.5, 0.6) is 5.75 Å². The Kier molecular flexibility index (Phi) is 6.14. The summed E-state index contributed by atoms with van der Waals surface area (Å²) in [6.07, 6.45) is 0. The Balaban J connectivity index is 1.81. The zero-order valence-electron chi connectivity index (χ0n) is 11.6. The topological polar surface area (TPSA) is 38.3 Å². The minimum absolute atomic E-state index is 0.0136. The summed E-state index contributed by atoms with van der Waals surface area (Å²) < 4.78 is 6.20. The van der Waals surface area contributed by atoms with Crippen LogP contribution in [0.15, 0.2) is 53.0 Å². The second-order valence-corrected chi connectivity index (χ2v) is 6.20. The number of carbonyl (C=O) groups excluding carboxylic acids is 1. The van der Waals surface area contributed by atoms with Crippen molar-refractivity contribution in [2.24, 2.45) is 0 Å². The van der Waals surface area contributed by atoms with E-state index in [1.807, 2.05) is 36.4 Å². The van der Waals surface area contributed by atoms with Crippen LogP contribution in [0.4, 0.5) is 5.69 Å². The maximum Gasteiger partial charge on any atom is 0.234 e. The molecular weight excluding hydrogens is 350 g/mol. The van der Waals surface area contributed by atoms with Gasteiger partial charge in [0, 0.05) is 22.0 Å². The monoisotopic (exact) mass is 365 g/mol. The lowest BCUT2D eigenvalue weighted by Crippen LogP contribution is -2.14. The van der Waals surface area contributed by atoms with Gasteiger partial charge in [-0.3, -0.25) is 4.79 Å². The molecule has 0 atom stereocenters. The Bertz CT molecular complexity index is 619. The number of thioether (sulfide) groups is 1. The zero-order valence-corrected chi connectivity index (χ0v) is 14.0. The maximum absolute atomic E-state index is 11.9. The SMILES string of the molecule is COc1cccc(NC(=O)CSCc2ccccc2Br)c1. The Hall–Kier alpha value is -1.46. The van der Waals surface area contributed by atoms with E-state index in [0.717, 1.165) is 21.7 Å². The largest absolute Gasteiger partial charge is 0.497 e. The number of halogens is 1. The van der Waals surface area contributed by atoms with Crippen LogP contribution in [-0.4, -0.2) is 18.8 Å². The number of methoxy groups -OCH3 is 1. The van der Waals surface area contributed by atoms with E-state index in [9.17, 15) is 4.79 Å². The van der Waals surface area contributed by atoms with Crippen LogP contribution in [0, 0.1) is 0 Å². The molecule has 0 unspecified atom stereocenters. The first-order valence-corrected chi connectivity index (χ1v) is 8.39. The van der Waals surface area contributed by atoms with Crippen LogP contribution in [0.25, 0.3) is 0 Å². The zero-order chi connectivity index (χ0) is 15.1. The molecule has 0 bridgehead atoms. The van der Waals surface area contributed by atoms with Gasteiger partial charge in [-0.05, 0) is 23.8 Å². The molecule has 2 aromatic carbocycles. The number of rotatable bonds is 6. The van der Waals surface area contributed by atoms with Crippen molar-refractivity contribution in [3.63, 3.8) is 0 Å². The van der Waals surface area contributed by atoms with E-state index in [-0.39, 0.29) is 5.91 Å². The van der Waals surface area contributed by atoms with Gasteiger partial charge >= 0.3 is 0 Å². The molecule has 21 heavy (non-hydrogen) atoms. The number of anilines is 1. The van der Waals surface area contributed by atoms with E-state index >= 15 is 0 Å². The van der Waals surface area contributed by atoms with E-state index in [0.29, 0.717) is 5.75 Å². The Labute approximate surface area is 137 Å². The Morgan fingerprint density at radius 3 is 2.81 bits per heavy atom. The fourth-order valence-corrected chi connectivity index (χ4v) is 3.21. The van der Waals surface area contributed by atoms with Crippen molar-refractivity contribution in [3.05, 3.63) is 58.6 Å². The molecule has 5 heteroatoms. The van der Waals surface area contributed by atoms with Crippen molar-refractivity contribution < 1.29 is 9.53 Å². The van der Waals surface area contributed by atoms with Gasteiger partial charge in [-0.2, -0.15) is 0 Å². The highest BCUT2D eigenvalue weighted by Gasteiger charge is 2.05. The first-order valence-electron chi connectivity index (χ1n) is 6.44. The average molecular weight is 366 g/mol. The van der Waals surface area contributed by atoms with E-state index < -0.39 is 0 Å². The van der Waals surface area contributed by atoms with Crippen molar-refractivity contribution in [2.45, 2.75) is 5.75 Å². The summed E-state index contributed by atoms with van der Waals surface area (Å²) >= 11 is 5.09. The third-order valence-corrected chi connectivity index (χ3v) is 4.56. The quantitative estimate of drug-likeness (QED) is 0.827. The molecule has 0 aliphatic rings. The maximum atomic E-state index is 11.9. The number of ether oxygens (including phenoxy) is 1. The number of amides is 1. The lowest BCUT2D eigenvalue weighted by molar-refractivity contribution is -0.113. The molecular formula is C16H16BrNO2S. The fraction of sp³-hybridized carbons (Fsp3) is 0.188. The van der Waals surface area contributed by atoms with E-state index in [1.165, 1.54) is 5.56 Å². The molecule has 0 heterocycles. The van der Waals surface area contributed by atoms with Crippen molar-refractivity contribution in [1.82, 2.24) is 0 Å². The number of carbonyl (C=O) groups is 1. The van der Waals surface area contributed by atoms with Gasteiger partial charge in [0.25, 0.3) is 0 Å². The molecule has 0 radical (unpaired) electrons. The second kappa shape index (κ2) is 8.10. The number of benzene rings is 2. The highest BCUT2D eigenvalue weighted by atomic mass is 79.9. The molecule has 2 aromatic rings. The van der Waals surface area contributed by atoms with Crippen LogP contribution < -0.4 is 10.1 Å². The van der Waals surface area contributed by atoms with Crippen molar-refractivity contribution in [3.8, 4) is 5.75 Å². The smallest absolute Gasteiger partial charge is 0.234 e. The van der Waals surface area contributed by atoms with Gasteiger partial charge in [0.2, 0.25) is 5.91 Å². The van der Waals surface area contributed by atoms with Crippen LogP contribution >= 0.6 is 27.7 Å². The lowest BCUT2D eigenvalue weighted by atomic mass is 10.2. The fourth-order valence-electron chi connectivity index (χ4n) is 1.77. The Morgan fingerprint density at radius 2 is 2.05 bits per heavy atom. The average Bonchev–Trinajstić information content (AvgIpc) is 2.49. The van der Waals surface area contributed by atoms with Gasteiger partial charge in [-0.25, -0.2) is 0 Å². The predicted molar refractivity (Wildman–Crippen MR) is 91.9 cm³/mol. The lowest BCUT2D eigenvalue weighted by Gasteiger charge is -2.07. The van der Waals surface area contributed by atoms with Crippen LogP contribution in [0.3, 0.4) is 0 Å². The standard InChI is InChI=1S/C16H16BrNO2S/c1-20-14-7-4-6-13(9-14)18-16(19)11-21-10-12-5-2-3-8-15(12)17/h2-9H,10-11H2,1H3,(H,18,19). The predicted octanol–water partition coefficient (Wildman–Crippen LogP) is 4.33.